The standard InChI is InChI=1S/C8H14INO4/c1-3-6(12)5(10-4(2)11)7(13)8(9)14-3/h3,5-8,12-13H,1-2H3,(H,10,11)/t3?,5?,6-,7?,8-/m1/s1. The van der Waals surface area contributed by atoms with Gasteiger partial charge in [-0.1, -0.05) is 0 Å². The predicted octanol–water partition coefficient (Wildman–Crippen LogP) is -0.607. The third kappa shape index (κ3) is 2.56. The number of hydrogen-bond acceptors (Lipinski definition) is 4. The van der Waals surface area contributed by atoms with Gasteiger partial charge in [0.1, 0.15) is 16.3 Å². The summed E-state index contributed by atoms with van der Waals surface area (Å²) in [7, 11) is 0. The number of aliphatic hydroxyl groups excluding tert-OH is 2. The molecule has 82 valence electrons. The summed E-state index contributed by atoms with van der Waals surface area (Å²) in [5, 5.41) is 21.9. The molecule has 14 heavy (non-hydrogen) atoms. The van der Waals surface area contributed by atoms with Crippen molar-refractivity contribution in [3.63, 3.8) is 0 Å². The molecular weight excluding hydrogens is 301 g/mol. The topological polar surface area (TPSA) is 78.8 Å². The number of rotatable bonds is 1. The summed E-state index contributed by atoms with van der Waals surface area (Å²) >= 11 is 1.94. The lowest BCUT2D eigenvalue weighted by Crippen LogP contribution is -2.61. The number of carbonyl (C=O) groups excluding carboxylic acids is 1. The van der Waals surface area contributed by atoms with E-state index in [2.05, 4.69) is 5.32 Å². The molecule has 1 amide bonds. The highest BCUT2D eigenvalue weighted by Gasteiger charge is 2.41. The lowest BCUT2D eigenvalue weighted by Gasteiger charge is -2.39. The first-order valence-corrected chi connectivity index (χ1v) is 5.61. The van der Waals surface area contributed by atoms with E-state index in [-0.39, 0.29) is 5.91 Å². The molecule has 0 aromatic rings. The van der Waals surface area contributed by atoms with Crippen molar-refractivity contribution in [2.45, 2.75) is 42.3 Å². The Hall–Kier alpha value is 0.0800. The molecule has 5 nitrogen and oxygen atoms in total. The van der Waals surface area contributed by atoms with Crippen molar-refractivity contribution >= 4 is 28.5 Å². The highest BCUT2D eigenvalue weighted by Crippen LogP contribution is 2.24. The van der Waals surface area contributed by atoms with Crippen LogP contribution in [0.4, 0.5) is 0 Å². The zero-order chi connectivity index (χ0) is 10.9. The summed E-state index contributed by atoms with van der Waals surface area (Å²) in [6, 6.07) is -0.654. The van der Waals surface area contributed by atoms with Gasteiger partial charge in [-0.3, -0.25) is 4.79 Å². The minimum absolute atomic E-state index is 0.272. The number of carbonyl (C=O) groups is 1. The van der Waals surface area contributed by atoms with E-state index in [0.29, 0.717) is 0 Å². The number of ether oxygens (including phenoxy) is 1. The molecule has 1 rings (SSSR count). The Kier molecular flexibility index (Phi) is 4.11. The highest BCUT2D eigenvalue weighted by molar-refractivity contribution is 14.1. The van der Waals surface area contributed by atoms with Gasteiger partial charge in [0.2, 0.25) is 5.91 Å². The SMILES string of the molecule is CC(=O)NC1C(O)[C@H](I)OC(C)[C@H]1O. The van der Waals surface area contributed by atoms with Gasteiger partial charge in [-0.05, 0) is 29.5 Å². The summed E-state index contributed by atoms with van der Waals surface area (Å²) in [6.45, 7) is 3.05. The van der Waals surface area contributed by atoms with Crippen molar-refractivity contribution in [3.05, 3.63) is 0 Å². The molecule has 1 saturated heterocycles. The van der Waals surface area contributed by atoms with Crippen LogP contribution in [-0.4, -0.2) is 44.6 Å². The zero-order valence-electron chi connectivity index (χ0n) is 7.98. The van der Waals surface area contributed by atoms with Crippen molar-refractivity contribution in [2.24, 2.45) is 0 Å². The molecule has 0 bridgehead atoms. The van der Waals surface area contributed by atoms with Gasteiger partial charge in [0.05, 0.1) is 12.1 Å². The molecular formula is C8H14INO4. The molecule has 0 aliphatic carbocycles. The van der Waals surface area contributed by atoms with E-state index in [0.717, 1.165) is 0 Å². The predicted molar refractivity (Wildman–Crippen MR) is 58.0 cm³/mol. The molecule has 0 radical (unpaired) electrons. The summed E-state index contributed by atoms with van der Waals surface area (Å²) in [6.07, 6.45) is -2.15. The molecule has 0 spiro atoms. The smallest absolute Gasteiger partial charge is 0.217 e. The van der Waals surface area contributed by atoms with Crippen LogP contribution < -0.4 is 5.32 Å². The van der Waals surface area contributed by atoms with Crippen molar-refractivity contribution in [3.8, 4) is 0 Å². The maximum Gasteiger partial charge on any atom is 0.217 e. The molecule has 0 saturated carbocycles. The molecule has 1 aliphatic rings. The number of nitrogens with one attached hydrogen (secondary N) is 1. The Morgan fingerprint density at radius 3 is 2.50 bits per heavy atom. The number of alkyl halides is 1. The van der Waals surface area contributed by atoms with Crippen LogP contribution in [0.25, 0.3) is 0 Å². The van der Waals surface area contributed by atoms with Crippen molar-refractivity contribution in [2.75, 3.05) is 0 Å². The fourth-order valence-corrected chi connectivity index (χ4v) is 2.34. The van der Waals surface area contributed by atoms with Crippen molar-refractivity contribution < 1.29 is 19.7 Å². The van der Waals surface area contributed by atoms with E-state index in [1.807, 2.05) is 22.6 Å². The van der Waals surface area contributed by atoms with Gasteiger partial charge < -0.3 is 20.3 Å². The van der Waals surface area contributed by atoms with E-state index < -0.39 is 28.5 Å². The van der Waals surface area contributed by atoms with Gasteiger partial charge in [0.15, 0.2) is 0 Å². The average Bonchev–Trinajstić information content (AvgIpc) is 2.09. The Morgan fingerprint density at radius 1 is 1.43 bits per heavy atom. The molecule has 6 heteroatoms. The first-order valence-electron chi connectivity index (χ1n) is 4.36. The number of halogens is 1. The molecule has 0 aromatic heterocycles. The first kappa shape index (κ1) is 12.2. The average molecular weight is 315 g/mol. The Labute approximate surface area is 96.0 Å². The van der Waals surface area contributed by atoms with Gasteiger partial charge in [-0.25, -0.2) is 0 Å². The van der Waals surface area contributed by atoms with E-state index >= 15 is 0 Å². The second-order valence-electron chi connectivity index (χ2n) is 3.40. The Morgan fingerprint density at radius 2 is 2.00 bits per heavy atom. The van der Waals surface area contributed by atoms with Gasteiger partial charge >= 0.3 is 0 Å². The van der Waals surface area contributed by atoms with E-state index in [1.54, 1.807) is 6.92 Å². The molecule has 1 fully saturated rings. The molecule has 3 unspecified atom stereocenters. The largest absolute Gasteiger partial charge is 0.388 e. The lowest BCUT2D eigenvalue weighted by molar-refractivity contribution is -0.149. The van der Waals surface area contributed by atoms with E-state index in [4.69, 9.17) is 4.74 Å². The summed E-state index contributed by atoms with van der Waals surface area (Å²) in [5.74, 6) is -0.272. The van der Waals surface area contributed by atoms with Crippen LogP contribution in [0.2, 0.25) is 0 Å². The van der Waals surface area contributed by atoms with Crippen LogP contribution in [0.15, 0.2) is 0 Å². The monoisotopic (exact) mass is 315 g/mol. The fraction of sp³-hybridized carbons (Fsp3) is 0.875. The summed E-state index contributed by atoms with van der Waals surface area (Å²) in [5.41, 5.74) is 0. The van der Waals surface area contributed by atoms with Crippen LogP contribution in [-0.2, 0) is 9.53 Å². The second-order valence-corrected chi connectivity index (χ2v) is 4.63. The third-order valence-corrected chi connectivity index (χ3v) is 3.23. The normalized spacial score (nSPS) is 43.4. The molecule has 3 N–H and O–H groups in total. The van der Waals surface area contributed by atoms with Crippen LogP contribution in [0.1, 0.15) is 13.8 Å². The Bertz CT molecular complexity index is 211. The lowest BCUT2D eigenvalue weighted by atomic mass is 9.98. The summed E-state index contributed by atoms with van der Waals surface area (Å²) < 4.78 is 4.84. The fourth-order valence-electron chi connectivity index (χ4n) is 1.43. The van der Waals surface area contributed by atoms with Gasteiger partial charge in [0, 0.05) is 6.92 Å². The first-order chi connectivity index (χ1) is 6.43. The van der Waals surface area contributed by atoms with Crippen LogP contribution >= 0.6 is 22.6 Å². The molecule has 1 aliphatic heterocycles. The maximum absolute atomic E-state index is 10.8. The number of aliphatic hydroxyl groups is 2. The third-order valence-electron chi connectivity index (χ3n) is 2.20. The van der Waals surface area contributed by atoms with Gasteiger partial charge in [-0.15, -0.1) is 0 Å². The summed E-state index contributed by atoms with van der Waals surface area (Å²) in [4.78, 5) is 10.8. The van der Waals surface area contributed by atoms with Gasteiger partial charge in [0.25, 0.3) is 0 Å². The number of hydrogen-bond donors (Lipinski definition) is 3. The van der Waals surface area contributed by atoms with Crippen LogP contribution in [0, 0.1) is 0 Å². The van der Waals surface area contributed by atoms with Crippen LogP contribution in [0.3, 0.4) is 0 Å². The van der Waals surface area contributed by atoms with Gasteiger partial charge in [-0.2, -0.15) is 0 Å². The molecule has 5 atom stereocenters. The zero-order valence-corrected chi connectivity index (χ0v) is 10.1. The molecule has 0 aromatic carbocycles. The second kappa shape index (κ2) is 4.73. The number of amides is 1. The van der Waals surface area contributed by atoms with Crippen LogP contribution in [0.5, 0.6) is 0 Å². The molecule has 1 heterocycles. The highest BCUT2D eigenvalue weighted by atomic mass is 127. The van der Waals surface area contributed by atoms with E-state index in [1.165, 1.54) is 6.92 Å². The quantitative estimate of drug-likeness (QED) is 0.446. The Balaban J connectivity index is 2.71. The minimum atomic E-state index is -0.884. The maximum atomic E-state index is 10.8. The van der Waals surface area contributed by atoms with Crippen molar-refractivity contribution in [1.29, 1.82) is 0 Å². The minimum Gasteiger partial charge on any atom is -0.388 e. The van der Waals surface area contributed by atoms with E-state index in [9.17, 15) is 15.0 Å². The van der Waals surface area contributed by atoms with Crippen molar-refractivity contribution in [1.82, 2.24) is 5.32 Å².